The highest BCUT2D eigenvalue weighted by Gasteiger charge is 2.21. The molecule has 0 radical (unpaired) electrons. The molecule has 6 heteroatoms. The van der Waals surface area contributed by atoms with Gasteiger partial charge in [-0.25, -0.2) is 4.98 Å². The fourth-order valence-corrected chi connectivity index (χ4v) is 4.14. The average molecular weight is 333 g/mol. The first-order chi connectivity index (χ1) is 8.06. The summed E-state index contributed by atoms with van der Waals surface area (Å²) in [5.41, 5.74) is 6.93. The van der Waals surface area contributed by atoms with Crippen molar-refractivity contribution < 1.29 is 4.42 Å². The molecule has 2 heterocycles. The van der Waals surface area contributed by atoms with Gasteiger partial charge in [0.05, 0.1) is 14.7 Å². The summed E-state index contributed by atoms with van der Waals surface area (Å²) < 4.78 is 6.48. The molecule has 2 rings (SSSR count). The standard InChI is InChI=1S/C11H13BrN2OS2/c1-6-5-15-11(14-6)17-10(7(2)13)8-3-4-9(12)16-8/h3-5,7,10H,13H2,1-2H3. The van der Waals surface area contributed by atoms with Crippen molar-refractivity contribution in [1.82, 2.24) is 4.98 Å². The smallest absolute Gasteiger partial charge is 0.256 e. The maximum absolute atomic E-state index is 6.03. The van der Waals surface area contributed by atoms with Crippen LogP contribution in [0.3, 0.4) is 0 Å². The fourth-order valence-electron chi connectivity index (χ4n) is 1.40. The van der Waals surface area contributed by atoms with Crippen LogP contribution in [-0.2, 0) is 0 Å². The molecule has 2 unspecified atom stereocenters. The molecule has 17 heavy (non-hydrogen) atoms. The van der Waals surface area contributed by atoms with E-state index in [9.17, 15) is 0 Å². The highest BCUT2D eigenvalue weighted by molar-refractivity contribution is 9.11. The Bertz CT molecular complexity index is 495. The van der Waals surface area contributed by atoms with Gasteiger partial charge in [-0.1, -0.05) is 11.8 Å². The summed E-state index contributed by atoms with van der Waals surface area (Å²) in [4.78, 5) is 5.53. The first kappa shape index (κ1) is 13.1. The normalized spacial score (nSPS) is 14.8. The Morgan fingerprint density at radius 2 is 2.29 bits per heavy atom. The Morgan fingerprint density at radius 3 is 2.76 bits per heavy atom. The molecule has 0 bridgehead atoms. The molecule has 0 aliphatic rings. The lowest BCUT2D eigenvalue weighted by Crippen LogP contribution is -2.21. The van der Waals surface area contributed by atoms with Gasteiger partial charge in [0.2, 0.25) is 0 Å². The molecule has 0 fully saturated rings. The number of nitrogens with two attached hydrogens (primary N) is 1. The van der Waals surface area contributed by atoms with Gasteiger partial charge in [-0.05, 0) is 41.9 Å². The second-order valence-electron chi connectivity index (χ2n) is 3.79. The molecular formula is C11H13BrN2OS2. The summed E-state index contributed by atoms with van der Waals surface area (Å²) in [5, 5.41) is 0.846. The molecule has 2 aromatic rings. The minimum atomic E-state index is 0.0396. The molecule has 2 aromatic heterocycles. The molecule has 0 aliphatic heterocycles. The number of aryl methyl sites for hydroxylation is 1. The maximum atomic E-state index is 6.03. The molecule has 92 valence electrons. The molecule has 2 atom stereocenters. The third-order valence-electron chi connectivity index (χ3n) is 2.18. The largest absolute Gasteiger partial charge is 0.440 e. The molecule has 3 nitrogen and oxygen atoms in total. The molecule has 0 amide bonds. The second kappa shape index (κ2) is 5.56. The number of nitrogens with zero attached hydrogens (tertiary/aromatic N) is 1. The highest BCUT2D eigenvalue weighted by atomic mass is 79.9. The van der Waals surface area contributed by atoms with Crippen molar-refractivity contribution in [3.63, 3.8) is 0 Å². The first-order valence-corrected chi connectivity index (χ1v) is 7.65. The second-order valence-corrected chi connectivity index (χ2v) is 7.38. The zero-order valence-corrected chi connectivity index (χ0v) is 12.7. The predicted octanol–water partition coefficient (Wildman–Crippen LogP) is 3.99. The van der Waals surface area contributed by atoms with Crippen LogP contribution in [0.2, 0.25) is 0 Å². The van der Waals surface area contributed by atoms with E-state index in [0.717, 1.165) is 9.48 Å². The summed E-state index contributed by atoms with van der Waals surface area (Å²) >= 11 is 6.74. The van der Waals surface area contributed by atoms with E-state index in [1.54, 1.807) is 29.4 Å². The van der Waals surface area contributed by atoms with Gasteiger partial charge >= 0.3 is 0 Å². The van der Waals surface area contributed by atoms with Crippen LogP contribution in [-0.4, -0.2) is 11.0 Å². The number of aromatic nitrogens is 1. The number of thiophene rings is 1. The zero-order chi connectivity index (χ0) is 12.4. The van der Waals surface area contributed by atoms with Crippen LogP contribution in [0, 0.1) is 6.92 Å². The molecule has 0 saturated carbocycles. The first-order valence-electron chi connectivity index (χ1n) is 5.16. The predicted molar refractivity (Wildman–Crippen MR) is 75.5 cm³/mol. The van der Waals surface area contributed by atoms with Crippen LogP contribution in [0.5, 0.6) is 0 Å². The summed E-state index contributed by atoms with van der Waals surface area (Å²) in [7, 11) is 0. The van der Waals surface area contributed by atoms with E-state index in [-0.39, 0.29) is 11.3 Å². The summed E-state index contributed by atoms with van der Waals surface area (Å²) in [6, 6.07) is 4.17. The Kier molecular flexibility index (Phi) is 4.30. The van der Waals surface area contributed by atoms with Gasteiger partial charge in [-0.2, -0.15) is 0 Å². The maximum Gasteiger partial charge on any atom is 0.256 e. The highest BCUT2D eigenvalue weighted by Crippen LogP contribution is 2.40. The van der Waals surface area contributed by atoms with Crippen LogP contribution in [0.15, 0.2) is 31.8 Å². The van der Waals surface area contributed by atoms with Crippen molar-refractivity contribution in [3.05, 3.63) is 32.8 Å². The van der Waals surface area contributed by atoms with Gasteiger partial charge in [0.25, 0.3) is 5.22 Å². The molecule has 0 aromatic carbocycles. The Morgan fingerprint density at radius 1 is 1.53 bits per heavy atom. The molecule has 0 spiro atoms. The topological polar surface area (TPSA) is 52.0 Å². The molecule has 0 saturated heterocycles. The number of hydrogen-bond donors (Lipinski definition) is 1. The Hall–Kier alpha value is -0.300. The van der Waals surface area contributed by atoms with Crippen molar-refractivity contribution >= 4 is 39.0 Å². The number of halogens is 1. The van der Waals surface area contributed by atoms with Crippen molar-refractivity contribution in [2.75, 3.05) is 0 Å². The summed E-state index contributed by atoms with van der Waals surface area (Å²) in [6.07, 6.45) is 1.66. The van der Waals surface area contributed by atoms with E-state index in [1.165, 1.54) is 4.88 Å². The van der Waals surface area contributed by atoms with E-state index in [0.29, 0.717) is 5.22 Å². The van der Waals surface area contributed by atoms with Crippen molar-refractivity contribution in [3.8, 4) is 0 Å². The minimum Gasteiger partial charge on any atom is -0.440 e. The molecule has 0 aliphatic carbocycles. The fraction of sp³-hybridized carbons (Fsp3) is 0.364. The van der Waals surface area contributed by atoms with E-state index < -0.39 is 0 Å². The quantitative estimate of drug-likeness (QED) is 0.860. The van der Waals surface area contributed by atoms with E-state index in [4.69, 9.17) is 10.2 Å². The number of hydrogen-bond acceptors (Lipinski definition) is 5. The molecular weight excluding hydrogens is 320 g/mol. The number of thioether (sulfide) groups is 1. The van der Waals surface area contributed by atoms with Gasteiger partial charge in [0.1, 0.15) is 6.26 Å². The average Bonchev–Trinajstić information content (AvgIpc) is 2.83. The van der Waals surface area contributed by atoms with Crippen LogP contribution in [0.25, 0.3) is 0 Å². The van der Waals surface area contributed by atoms with Gasteiger partial charge in [-0.3, -0.25) is 0 Å². The summed E-state index contributed by atoms with van der Waals surface area (Å²) in [6.45, 7) is 3.91. The van der Waals surface area contributed by atoms with Crippen LogP contribution < -0.4 is 5.73 Å². The zero-order valence-electron chi connectivity index (χ0n) is 9.51. The lowest BCUT2D eigenvalue weighted by Gasteiger charge is -2.16. The van der Waals surface area contributed by atoms with E-state index >= 15 is 0 Å². The number of rotatable bonds is 4. The van der Waals surface area contributed by atoms with Crippen LogP contribution in [0.4, 0.5) is 0 Å². The van der Waals surface area contributed by atoms with Crippen LogP contribution >= 0.6 is 39.0 Å². The van der Waals surface area contributed by atoms with Gasteiger partial charge < -0.3 is 10.2 Å². The van der Waals surface area contributed by atoms with Gasteiger partial charge in [-0.15, -0.1) is 11.3 Å². The minimum absolute atomic E-state index is 0.0396. The van der Waals surface area contributed by atoms with Crippen molar-refractivity contribution in [1.29, 1.82) is 0 Å². The van der Waals surface area contributed by atoms with Crippen LogP contribution in [0.1, 0.15) is 22.7 Å². The Balaban J connectivity index is 2.18. The Labute approximate surface area is 117 Å². The van der Waals surface area contributed by atoms with Crippen molar-refractivity contribution in [2.24, 2.45) is 5.73 Å². The van der Waals surface area contributed by atoms with Gasteiger partial charge in [0.15, 0.2) is 0 Å². The number of oxazole rings is 1. The third kappa shape index (κ3) is 3.34. The van der Waals surface area contributed by atoms with Crippen molar-refractivity contribution in [2.45, 2.75) is 30.4 Å². The summed E-state index contributed by atoms with van der Waals surface area (Å²) in [5.74, 6) is 0. The molecule has 2 N–H and O–H groups in total. The lowest BCUT2D eigenvalue weighted by molar-refractivity contribution is 0.452. The van der Waals surface area contributed by atoms with E-state index in [1.807, 2.05) is 19.9 Å². The monoisotopic (exact) mass is 332 g/mol. The lowest BCUT2D eigenvalue weighted by atomic mass is 10.2. The van der Waals surface area contributed by atoms with E-state index in [2.05, 4.69) is 27.0 Å². The van der Waals surface area contributed by atoms with Gasteiger partial charge in [0, 0.05) is 10.9 Å². The SMILES string of the molecule is Cc1coc(SC(c2ccc(Br)s2)C(C)N)n1. The third-order valence-corrected chi connectivity index (χ3v) is 5.36.